The van der Waals surface area contributed by atoms with Crippen LogP contribution in [0.25, 0.3) is 0 Å². The van der Waals surface area contributed by atoms with Gasteiger partial charge in [0.1, 0.15) is 0 Å². The number of nitrogens with zero attached hydrogens (tertiary/aromatic N) is 1. The molecule has 1 aromatic carbocycles. The lowest BCUT2D eigenvalue weighted by atomic mass is 10.0. The van der Waals surface area contributed by atoms with Gasteiger partial charge in [-0.3, -0.25) is 0 Å². The molecule has 0 spiro atoms. The maximum absolute atomic E-state index is 9.89. The van der Waals surface area contributed by atoms with Gasteiger partial charge in [0.2, 0.25) is 0 Å². The zero-order valence-electron chi connectivity index (χ0n) is 11.2. The third kappa shape index (κ3) is 3.27. The summed E-state index contributed by atoms with van der Waals surface area (Å²) in [5.74, 6) is 0.820. The average Bonchev–Trinajstić information content (AvgIpc) is 2.81. The molecule has 1 saturated carbocycles. The highest BCUT2D eigenvalue weighted by atomic mass is 79.9. The Bertz CT molecular complexity index is 399. The second-order valence-electron chi connectivity index (χ2n) is 5.41. The molecule has 1 atom stereocenters. The summed E-state index contributed by atoms with van der Waals surface area (Å²) >= 11 is 3.47. The van der Waals surface area contributed by atoms with Crippen molar-refractivity contribution in [2.75, 3.05) is 18.5 Å². The molecule has 3 heteroatoms. The van der Waals surface area contributed by atoms with Gasteiger partial charge in [-0.2, -0.15) is 0 Å². The van der Waals surface area contributed by atoms with Crippen molar-refractivity contribution in [3.8, 4) is 0 Å². The van der Waals surface area contributed by atoms with Crippen LogP contribution in [0, 0.1) is 5.92 Å². The number of rotatable bonds is 4. The monoisotopic (exact) mass is 311 g/mol. The lowest BCUT2D eigenvalue weighted by Crippen LogP contribution is -2.25. The lowest BCUT2D eigenvalue weighted by Gasteiger charge is -2.26. The smallest absolute Gasteiger partial charge is 0.0782 e. The number of aliphatic hydroxyl groups excluding tert-OH is 1. The van der Waals surface area contributed by atoms with Gasteiger partial charge >= 0.3 is 0 Å². The van der Waals surface area contributed by atoms with Gasteiger partial charge in [-0.15, -0.1) is 0 Å². The summed E-state index contributed by atoms with van der Waals surface area (Å²) in [5.41, 5.74) is 2.16. The minimum atomic E-state index is -0.427. The van der Waals surface area contributed by atoms with Gasteiger partial charge in [0, 0.05) is 29.3 Å². The van der Waals surface area contributed by atoms with Crippen molar-refractivity contribution in [2.24, 2.45) is 5.92 Å². The second kappa shape index (κ2) is 6.07. The van der Waals surface area contributed by atoms with Gasteiger partial charge in [0.25, 0.3) is 0 Å². The van der Waals surface area contributed by atoms with Crippen molar-refractivity contribution < 1.29 is 5.11 Å². The van der Waals surface area contributed by atoms with E-state index in [1.807, 2.05) is 19.1 Å². The summed E-state index contributed by atoms with van der Waals surface area (Å²) in [5, 5.41) is 9.89. The number of benzene rings is 1. The topological polar surface area (TPSA) is 23.5 Å². The summed E-state index contributed by atoms with van der Waals surface area (Å²) in [7, 11) is 2.13. The number of hydrogen-bond donors (Lipinski definition) is 1. The van der Waals surface area contributed by atoms with Crippen molar-refractivity contribution in [1.29, 1.82) is 0 Å². The van der Waals surface area contributed by atoms with Crippen LogP contribution in [0.3, 0.4) is 0 Å². The molecule has 0 bridgehead atoms. The van der Waals surface area contributed by atoms with E-state index in [-0.39, 0.29) is 0 Å². The van der Waals surface area contributed by atoms with E-state index < -0.39 is 6.10 Å². The zero-order chi connectivity index (χ0) is 13.1. The summed E-state index contributed by atoms with van der Waals surface area (Å²) in [4.78, 5) is 2.30. The highest BCUT2D eigenvalue weighted by Crippen LogP contribution is 2.31. The van der Waals surface area contributed by atoms with Crippen LogP contribution in [0.1, 0.15) is 44.3 Å². The van der Waals surface area contributed by atoms with Gasteiger partial charge in [-0.1, -0.05) is 28.8 Å². The van der Waals surface area contributed by atoms with Gasteiger partial charge in [-0.25, -0.2) is 0 Å². The third-order valence-corrected chi connectivity index (χ3v) is 4.35. The van der Waals surface area contributed by atoms with E-state index in [2.05, 4.69) is 33.9 Å². The Balaban J connectivity index is 2.15. The molecule has 2 rings (SSSR count). The van der Waals surface area contributed by atoms with Crippen LogP contribution >= 0.6 is 15.9 Å². The van der Waals surface area contributed by atoms with Crippen LogP contribution < -0.4 is 4.90 Å². The van der Waals surface area contributed by atoms with Crippen LogP contribution in [0.4, 0.5) is 5.69 Å². The first-order valence-corrected chi connectivity index (χ1v) is 7.56. The van der Waals surface area contributed by atoms with Crippen LogP contribution in [0.5, 0.6) is 0 Å². The van der Waals surface area contributed by atoms with Crippen molar-refractivity contribution >= 4 is 21.6 Å². The van der Waals surface area contributed by atoms with Crippen LogP contribution in [-0.2, 0) is 0 Å². The summed E-state index contributed by atoms with van der Waals surface area (Å²) in [6.07, 6.45) is 5.03. The molecule has 1 fully saturated rings. The number of aliphatic hydroxyl groups is 1. The fraction of sp³-hybridized carbons (Fsp3) is 0.600. The summed E-state index contributed by atoms with van der Waals surface area (Å²) < 4.78 is 1.02. The molecule has 18 heavy (non-hydrogen) atoms. The van der Waals surface area contributed by atoms with Crippen LogP contribution in [0.15, 0.2) is 22.7 Å². The standard InChI is InChI=1S/C15H22BrNO/c1-11(18)14-9-13(16)7-8-15(14)17(2)10-12-5-3-4-6-12/h7-9,11-12,18H,3-6,10H2,1-2H3. The van der Waals surface area contributed by atoms with Crippen LogP contribution in [-0.4, -0.2) is 18.7 Å². The molecule has 0 aromatic heterocycles. The molecule has 0 aliphatic heterocycles. The molecule has 0 radical (unpaired) electrons. The van der Waals surface area contributed by atoms with E-state index in [1.54, 1.807) is 0 Å². The first-order valence-electron chi connectivity index (χ1n) is 6.76. The van der Waals surface area contributed by atoms with E-state index in [0.717, 1.165) is 28.2 Å². The molecule has 0 heterocycles. The summed E-state index contributed by atoms with van der Waals surface area (Å²) in [6, 6.07) is 6.17. The predicted molar refractivity (Wildman–Crippen MR) is 80.0 cm³/mol. The van der Waals surface area contributed by atoms with Crippen molar-refractivity contribution in [1.82, 2.24) is 0 Å². The normalized spacial score (nSPS) is 18.0. The second-order valence-corrected chi connectivity index (χ2v) is 6.33. The fourth-order valence-corrected chi connectivity index (χ4v) is 3.26. The molecule has 1 aliphatic carbocycles. The molecule has 1 aliphatic rings. The van der Waals surface area contributed by atoms with Crippen LogP contribution in [0.2, 0.25) is 0 Å². The molecular formula is C15H22BrNO. The Morgan fingerprint density at radius 3 is 2.67 bits per heavy atom. The van der Waals surface area contributed by atoms with E-state index in [0.29, 0.717) is 0 Å². The predicted octanol–water partition coefficient (Wildman–Crippen LogP) is 4.13. The minimum Gasteiger partial charge on any atom is -0.389 e. The zero-order valence-corrected chi connectivity index (χ0v) is 12.8. The maximum atomic E-state index is 9.89. The SMILES string of the molecule is CC(O)c1cc(Br)ccc1N(C)CC1CCCC1. The highest BCUT2D eigenvalue weighted by molar-refractivity contribution is 9.10. The molecule has 1 N–H and O–H groups in total. The van der Waals surface area contributed by atoms with Gasteiger partial charge in [0.05, 0.1) is 6.10 Å². The molecule has 2 nitrogen and oxygen atoms in total. The fourth-order valence-electron chi connectivity index (χ4n) is 2.89. The number of halogens is 1. The molecule has 100 valence electrons. The van der Waals surface area contributed by atoms with E-state index in [4.69, 9.17) is 0 Å². The Labute approximate surface area is 118 Å². The first-order chi connectivity index (χ1) is 8.58. The van der Waals surface area contributed by atoms with Gasteiger partial charge in [-0.05, 0) is 43.9 Å². The Kier molecular flexibility index (Phi) is 4.68. The Morgan fingerprint density at radius 2 is 2.06 bits per heavy atom. The van der Waals surface area contributed by atoms with E-state index in [9.17, 15) is 5.11 Å². The van der Waals surface area contributed by atoms with Crippen molar-refractivity contribution in [3.05, 3.63) is 28.2 Å². The first kappa shape index (κ1) is 13.9. The number of hydrogen-bond acceptors (Lipinski definition) is 2. The van der Waals surface area contributed by atoms with E-state index in [1.165, 1.54) is 25.7 Å². The lowest BCUT2D eigenvalue weighted by molar-refractivity contribution is 0.199. The Morgan fingerprint density at radius 1 is 1.39 bits per heavy atom. The van der Waals surface area contributed by atoms with Gasteiger partial charge < -0.3 is 10.0 Å². The molecule has 1 aromatic rings. The minimum absolute atomic E-state index is 0.427. The highest BCUT2D eigenvalue weighted by Gasteiger charge is 2.19. The van der Waals surface area contributed by atoms with Crippen molar-refractivity contribution in [3.63, 3.8) is 0 Å². The maximum Gasteiger partial charge on any atom is 0.0782 e. The largest absolute Gasteiger partial charge is 0.389 e. The molecule has 0 saturated heterocycles. The quantitative estimate of drug-likeness (QED) is 0.903. The molecule has 0 amide bonds. The molecular weight excluding hydrogens is 290 g/mol. The number of anilines is 1. The summed E-state index contributed by atoms with van der Waals surface area (Å²) in [6.45, 7) is 2.93. The average molecular weight is 312 g/mol. The Hall–Kier alpha value is -0.540. The molecule has 1 unspecified atom stereocenters. The van der Waals surface area contributed by atoms with Gasteiger partial charge in [0.15, 0.2) is 0 Å². The van der Waals surface area contributed by atoms with E-state index >= 15 is 0 Å². The third-order valence-electron chi connectivity index (χ3n) is 3.86. The van der Waals surface area contributed by atoms with Crippen molar-refractivity contribution in [2.45, 2.75) is 38.7 Å².